The minimum atomic E-state index is 0.0705. The van der Waals surface area contributed by atoms with Crippen LogP contribution in [0.2, 0.25) is 0 Å². The number of nitrogens with two attached hydrogens (primary N) is 1. The first kappa shape index (κ1) is 18.4. The zero-order valence-electron chi connectivity index (χ0n) is 16.2. The van der Waals surface area contributed by atoms with Crippen LogP contribution in [0.4, 0.5) is 0 Å². The molecular weight excluding hydrogens is 350 g/mol. The van der Waals surface area contributed by atoms with Crippen LogP contribution in [-0.4, -0.2) is 32.5 Å². The van der Waals surface area contributed by atoms with Crippen LogP contribution in [0.5, 0.6) is 5.75 Å². The van der Waals surface area contributed by atoms with E-state index in [2.05, 4.69) is 30.2 Å². The van der Waals surface area contributed by atoms with Gasteiger partial charge in [-0.15, -0.1) is 5.10 Å². The Kier molecular flexibility index (Phi) is 5.21. The number of benzene rings is 1. The first-order valence-corrected chi connectivity index (χ1v) is 9.82. The molecule has 0 saturated carbocycles. The zero-order valence-corrected chi connectivity index (χ0v) is 16.2. The molecule has 28 heavy (non-hydrogen) atoms. The number of pyridine rings is 2. The van der Waals surface area contributed by atoms with Crippen molar-refractivity contribution in [3.05, 3.63) is 54.7 Å². The summed E-state index contributed by atoms with van der Waals surface area (Å²) in [5, 5.41) is 9.55. The molecule has 0 saturated heterocycles. The molecular formula is C22H25N5O. The molecule has 2 N–H and O–H groups in total. The van der Waals surface area contributed by atoms with Crippen LogP contribution < -0.4 is 10.5 Å². The molecule has 3 aromatic heterocycles. The standard InChI is InChI=1S/C22H25N5O/c1-3-15(14-23)19(4-2)28-20-10-7-8-16-11-12-17(24-21(16)20)22-18-9-5-6-13-27(18)26-25-22/h5-13,15,19H,3-4,14,23H2,1-2H3/t15-,19?/m0/s1. The smallest absolute Gasteiger partial charge is 0.145 e. The van der Waals surface area contributed by atoms with Crippen LogP contribution in [0.25, 0.3) is 27.8 Å². The van der Waals surface area contributed by atoms with Crippen LogP contribution in [0.1, 0.15) is 26.7 Å². The zero-order chi connectivity index (χ0) is 19.5. The van der Waals surface area contributed by atoms with E-state index in [1.54, 1.807) is 4.52 Å². The molecule has 0 aliphatic heterocycles. The van der Waals surface area contributed by atoms with Gasteiger partial charge in [-0.1, -0.05) is 43.3 Å². The van der Waals surface area contributed by atoms with Crippen molar-refractivity contribution in [2.24, 2.45) is 11.7 Å². The van der Waals surface area contributed by atoms with E-state index in [-0.39, 0.29) is 6.10 Å². The minimum absolute atomic E-state index is 0.0705. The Bertz CT molecular complexity index is 1090. The van der Waals surface area contributed by atoms with Gasteiger partial charge < -0.3 is 10.5 Å². The highest BCUT2D eigenvalue weighted by atomic mass is 16.5. The number of nitrogens with zero attached hydrogens (tertiary/aromatic N) is 4. The van der Waals surface area contributed by atoms with Crippen LogP contribution in [-0.2, 0) is 0 Å². The summed E-state index contributed by atoms with van der Waals surface area (Å²) in [7, 11) is 0. The third kappa shape index (κ3) is 3.31. The largest absolute Gasteiger partial charge is 0.488 e. The lowest BCUT2D eigenvalue weighted by Crippen LogP contribution is -2.31. The molecule has 0 aliphatic carbocycles. The van der Waals surface area contributed by atoms with E-state index in [0.29, 0.717) is 12.5 Å². The fourth-order valence-electron chi connectivity index (χ4n) is 3.63. The van der Waals surface area contributed by atoms with Crippen molar-refractivity contribution in [2.75, 3.05) is 6.54 Å². The number of ether oxygens (including phenoxy) is 1. The summed E-state index contributed by atoms with van der Waals surface area (Å²) in [6, 6.07) is 16.0. The Balaban J connectivity index is 1.77. The molecule has 0 radical (unpaired) electrons. The van der Waals surface area contributed by atoms with Crippen molar-refractivity contribution >= 4 is 16.4 Å². The maximum Gasteiger partial charge on any atom is 0.145 e. The number of rotatable bonds is 7. The Morgan fingerprint density at radius 1 is 1.04 bits per heavy atom. The van der Waals surface area contributed by atoms with Crippen molar-refractivity contribution in [3.8, 4) is 17.1 Å². The van der Waals surface area contributed by atoms with Gasteiger partial charge in [0.25, 0.3) is 0 Å². The van der Waals surface area contributed by atoms with Gasteiger partial charge in [-0.05, 0) is 43.7 Å². The van der Waals surface area contributed by atoms with E-state index in [1.165, 1.54) is 0 Å². The average molecular weight is 375 g/mol. The van der Waals surface area contributed by atoms with Gasteiger partial charge in [0.1, 0.15) is 23.1 Å². The Hall–Kier alpha value is -2.99. The Labute approximate surface area is 164 Å². The maximum absolute atomic E-state index is 6.40. The summed E-state index contributed by atoms with van der Waals surface area (Å²) in [6.45, 7) is 4.90. The number of para-hydroxylation sites is 1. The van der Waals surface area contributed by atoms with Crippen LogP contribution in [0, 0.1) is 5.92 Å². The van der Waals surface area contributed by atoms with E-state index in [1.807, 2.05) is 48.7 Å². The molecule has 6 nitrogen and oxygen atoms in total. The van der Waals surface area contributed by atoms with E-state index in [4.69, 9.17) is 15.5 Å². The molecule has 2 atom stereocenters. The van der Waals surface area contributed by atoms with Crippen LogP contribution >= 0.6 is 0 Å². The molecule has 144 valence electrons. The van der Waals surface area contributed by atoms with Gasteiger partial charge in [-0.3, -0.25) is 0 Å². The summed E-state index contributed by atoms with van der Waals surface area (Å²) in [6.07, 6.45) is 3.85. The number of hydrogen-bond acceptors (Lipinski definition) is 5. The predicted molar refractivity (Wildman–Crippen MR) is 111 cm³/mol. The lowest BCUT2D eigenvalue weighted by Gasteiger charge is -2.25. The van der Waals surface area contributed by atoms with Crippen molar-refractivity contribution in [1.82, 2.24) is 19.8 Å². The molecule has 4 rings (SSSR count). The first-order chi connectivity index (χ1) is 13.7. The molecule has 0 fully saturated rings. The SMILES string of the molecule is CCC(Oc1cccc2ccc(-c3nnn4ccccc34)nc12)[C@@H](CC)CN. The summed E-state index contributed by atoms with van der Waals surface area (Å²) >= 11 is 0. The molecule has 6 heteroatoms. The molecule has 1 unspecified atom stereocenters. The normalized spacial score (nSPS) is 13.7. The van der Waals surface area contributed by atoms with E-state index in [0.717, 1.165) is 46.4 Å². The third-order valence-corrected chi connectivity index (χ3v) is 5.28. The lowest BCUT2D eigenvalue weighted by atomic mass is 9.97. The Morgan fingerprint density at radius 2 is 1.93 bits per heavy atom. The second-order valence-electron chi connectivity index (χ2n) is 6.96. The van der Waals surface area contributed by atoms with Gasteiger partial charge in [0, 0.05) is 17.5 Å². The van der Waals surface area contributed by atoms with Crippen molar-refractivity contribution in [1.29, 1.82) is 0 Å². The van der Waals surface area contributed by atoms with Gasteiger partial charge in [0.15, 0.2) is 0 Å². The second-order valence-corrected chi connectivity index (χ2v) is 6.96. The minimum Gasteiger partial charge on any atom is -0.488 e. The topological polar surface area (TPSA) is 78.3 Å². The molecule has 1 aromatic carbocycles. The van der Waals surface area contributed by atoms with E-state index >= 15 is 0 Å². The van der Waals surface area contributed by atoms with Gasteiger partial charge in [0.05, 0.1) is 11.2 Å². The first-order valence-electron chi connectivity index (χ1n) is 9.82. The lowest BCUT2D eigenvalue weighted by molar-refractivity contribution is 0.132. The van der Waals surface area contributed by atoms with Crippen molar-refractivity contribution in [3.63, 3.8) is 0 Å². The monoisotopic (exact) mass is 375 g/mol. The summed E-state index contributed by atoms with van der Waals surface area (Å²) in [5.74, 6) is 1.11. The molecule has 0 spiro atoms. The van der Waals surface area contributed by atoms with Crippen molar-refractivity contribution < 1.29 is 4.74 Å². The fraction of sp³-hybridized carbons (Fsp3) is 0.318. The van der Waals surface area contributed by atoms with Crippen molar-refractivity contribution in [2.45, 2.75) is 32.8 Å². The van der Waals surface area contributed by atoms with E-state index < -0.39 is 0 Å². The number of aromatic nitrogens is 4. The predicted octanol–water partition coefficient (Wildman–Crippen LogP) is 4.09. The highest BCUT2D eigenvalue weighted by Crippen LogP contribution is 2.30. The number of hydrogen-bond donors (Lipinski definition) is 1. The third-order valence-electron chi connectivity index (χ3n) is 5.28. The van der Waals surface area contributed by atoms with E-state index in [9.17, 15) is 0 Å². The van der Waals surface area contributed by atoms with Crippen LogP contribution in [0.3, 0.4) is 0 Å². The van der Waals surface area contributed by atoms with Gasteiger partial charge >= 0.3 is 0 Å². The summed E-state index contributed by atoms with van der Waals surface area (Å²) in [5.41, 5.74) is 9.26. The van der Waals surface area contributed by atoms with Gasteiger partial charge in [0.2, 0.25) is 0 Å². The maximum atomic E-state index is 6.40. The highest BCUT2D eigenvalue weighted by Gasteiger charge is 2.20. The molecule has 0 bridgehead atoms. The Morgan fingerprint density at radius 3 is 2.71 bits per heavy atom. The van der Waals surface area contributed by atoms with Crippen LogP contribution in [0.15, 0.2) is 54.7 Å². The molecule has 0 amide bonds. The summed E-state index contributed by atoms with van der Waals surface area (Å²) < 4.78 is 8.15. The molecule has 0 aliphatic rings. The van der Waals surface area contributed by atoms with Gasteiger partial charge in [-0.25, -0.2) is 9.50 Å². The quantitative estimate of drug-likeness (QED) is 0.526. The molecule has 4 aromatic rings. The highest BCUT2D eigenvalue weighted by molar-refractivity contribution is 5.88. The number of fused-ring (bicyclic) bond motifs is 2. The van der Waals surface area contributed by atoms with Gasteiger partial charge in [-0.2, -0.15) is 0 Å². The average Bonchev–Trinajstić information content (AvgIpc) is 3.18. The fourth-order valence-corrected chi connectivity index (χ4v) is 3.63. The summed E-state index contributed by atoms with van der Waals surface area (Å²) in [4.78, 5) is 4.89. The second kappa shape index (κ2) is 7.94. The molecule has 3 heterocycles.